The number of ether oxygens (including phenoxy) is 1. The molecule has 7 nitrogen and oxygen atoms in total. The van der Waals surface area contributed by atoms with Crippen LogP contribution in [0.3, 0.4) is 0 Å². The first-order valence-corrected chi connectivity index (χ1v) is 5.84. The number of nitro groups is 1. The number of carboxylic acid groups (broad SMARTS) is 1. The SMILES string of the molecule is COC(CNc1cc(Cl)c(F)cc1[N+](=O)[O-])CC(=O)O. The Labute approximate surface area is 118 Å². The molecule has 2 N–H and O–H groups in total. The molecule has 1 aromatic rings. The predicted octanol–water partition coefficient (Wildman–Crippen LogP) is 2.29. The maximum Gasteiger partial charge on any atom is 0.306 e. The minimum absolute atomic E-state index is 0.00556. The van der Waals surface area contributed by atoms with Crippen LogP contribution < -0.4 is 5.32 Å². The highest BCUT2D eigenvalue weighted by molar-refractivity contribution is 6.31. The molecule has 0 aromatic heterocycles. The third-order valence-corrected chi connectivity index (χ3v) is 2.78. The second-order valence-corrected chi connectivity index (χ2v) is 4.28. The standard InChI is InChI=1S/C11H12ClFN2O5/c1-20-6(2-11(16)17)5-14-9-3-7(12)8(13)4-10(9)15(18)19/h3-4,6,14H,2,5H2,1H3,(H,16,17). The van der Waals surface area contributed by atoms with Gasteiger partial charge >= 0.3 is 5.97 Å². The third-order valence-electron chi connectivity index (χ3n) is 2.49. The zero-order valence-corrected chi connectivity index (χ0v) is 11.2. The van der Waals surface area contributed by atoms with E-state index in [1.807, 2.05) is 0 Å². The van der Waals surface area contributed by atoms with Gasteiger partial charge in [-0.05, 0) is 6.07 Å². The number of aliphatic carboxylic acids is 1. The monoisotopic (exact) mass is 306 g/mol. The summed E-state index contributed by atoms with van der Waals surface area (Å²) < 4.78 is 18.1. The molecule has 0 fully saturated rings. The van der Waals surface area contributed by atoms with Crippen molar-refractivity contribution in [3.05, 3.63) is 33.1 Å². The van der Waals surface area contributed by atoms with Gasteiger partial charge in [-0.25, -0.2) is 4.39 Å². The van der Waals surface area contributed by atoms with E-state index >= 15 is 0 Å². The lowest BCUT2D eigenvalue weighted by atomic mass is 10.2. The summed E-state index contributed by atoms with van der Waals surface area (Å²) in [5, 5.41) is 21.8. The molecule has 0 saturated carbocycles. The van der Waals surface area contributed by atoms with E-state index in [1.54, 1.807) is 0 Å². The fraction of sp³-hybridized carbons (Fsp3) is 0.364. The molecule has 110 valence electrons. The maximum absolute atomic E-state index is 13.2. The van der Waals surface area contributed by atoms with Gasteiger partial charge in [-0.1, -0.05) is 11.6 Å². The van der Waals surface area contributed by atoms with Crippen molar-refractivity contribution in [3.63, 3.8) is 0 Å². The molecule has 20 heavy (non-hydrogen) atoms. The second-order valence-electron chi connectivity index (χ2n) is 3.88. The van der Waals surface area contributed by atoms with Gasteiger partial charge in [-0.2, -0.15) is 0 Å². The summed E-state index contributed by atoms with van der Waals surface area (Å²) in [5.41, 5.74) is -0.495. The fourth-order valence-electron chi connectivity index (χ4n) is 1.49. The number of hydrogen-bond acceptors (Lipinski definition) is 5. The number of halogens is 2. The van der Waals surface area contributed by atoms with Gasteiger partial charge in [0.1, 0.15) is 11.5 Å². The molecular formula is C11H12ClFN2O5. The van der Waals surface area contributed by atoms with Crippen LogP contribution in [0.15, 0.2) is 12.1 Å². The molecule has 1 rings (SSSR count). The van der Waals surface area contributed by atoms with Crippen LogP contribution in [0, 0.1) is 15.9 Å². The molecule has 0 aliphatic rings. The summed E-state index contributed by atoms with van der Waals surface area (Å²) >= 11 is 5.56. The number of methoxy groups -OCH3 is 1. The number of carbonyl (C=O) groups is 1. The van der Waals surface area contributed by atoms with Crippen molar-refractivity contribution in [1.29, 1.82) is 0 Å². The first-order chi connectivity index (χ1) is 9.35. The van der Waals surface area contributed by atoms with E-state index in [2.05, 4.69) is 5.32 Å². The Hall–Kier alpha value is -1.93. The summed E-state index contributed by atoms with van der Waals surface area (Å²) in [4.78, 5) is 20.6. The highest BCUT2D eigenvalue weighted by Gasteiger charge is 2.19. The maximum atomic E-state index is 13.2. The van der Waals surface area contributed by atoms with Crippen LogP contribution in [0.25, 0.3) is 0 Å². The van der Waals surface area contributed by atoms with Crippen LogP contribution >= 0.6 is 11.6 Å². The first-order valence-electron chi connectivity index (χ1n) is 5.47. The lowest BCUT2D eigenvalue weighted by Crippen LogP contribution is -2.25. The highest BCUT2D eigenvalue weighted by Crippen LogP contribution is 2.30. The van der Waals surface area contributed by atoms with Crippen LogP contribution in [0.2, 0.25) is 5.02 Å². The number of nitro benzene ring substituents is 1. The summed E-state index contributed by atoms with van der Waals surface area (Å²) in [7, 11) is 1.32. The third kappa shape index (κ3) is 4.32. The number of hydrogen-bond donors (Lipinski definition) is 2. The van der Waals surface area contributed by atoms with Crippen LogP contribution in [0.1, 0.15) is 6.42 Å². The number of carboxylic acids is 1. The molecule has 0 bridgehead atoms. The lowest BCUT2D eigenvalue weighted by Gasteiger charge is -2.15. The number of nitrogens with one attached hydrogen (secondary N) is 1. The van der Waals surface area contributed by atoms with Gasteiger partial charge in [0.05, 0.1) is 28.5 Å². The predicted molar refractivity (Wildman–Crippen MR) is 69.6 cm³/mol. The van der Waals surface area contributed by atoms with Gasteiger partial charge in [0.15, 0.2) is 0 Å². The largest absolute Gasteiger partial charge is 0.481 e. The van der Waals surface area contributed by atoms with Crippen LogP contribution in [-0.4, -0.2) is 35.8 Å². The zero-order chi connectivity index (χ0) is 15.3. The summed E-state index contributed by atoms with van der Waals surface area (Å²) in [6, 6.07) is 1.77. The Morgan fingerprint density at radius 1 is 1.65 bits per heavy atom. The average molecular weight is 307 g/mol. The zero-order valence-electron chi connectivity index (χ0n) is 10.4. The van der Waals surface area contributed by atoms with Crippen molar-refractivity contribution in [2.24, 2.45) is 0 Å². The van der Waals surface area contributed by atoms with Crippen molar-refractivity contribution >= 4 is 28.9 Å². The number of anilines is 1. The summed E-state index contributed by atoms with van der Waals surface area (Å²) in [6.45, 7) is 0.00556. The van der Waals surface area contributed by atoms with Crippen molar-refractivity contribution in [2.45, 2.75) is 12.5 Å². The summed E-state index contributed by atoms with van der Waals surface area (Å²) in [6.07, 6.45) is -0.956. The Morgan fingerprint density at radius 3 is 2.80 bits per heavy atom. The molecule has 1 aromatic carbocycles. The summed E-state index contributed by atoms with van der Waals surface area (Å²) in [5.74, 6) is -1.97. The average Bonchev–Trinajstić information content (AvgIpc) is 2.37. The highest BCUT2D eigenvalue weighted by atomic mass is 35.5. The van der Waals surface area contributed by atoms with Crippen LogP contribution in [0.5, 0.6) is 0 Å². The quantitative estimate of drug-likeness (QED) is 0.592. The molecule has 0 radical (unpaired) electrons. The van der Waals surface area contributed by atoms with Crippen LogP contribution in [0.4, 0.5) is 15.8 Å². The minimum atomic E-state index is -1.06. The van der Waals surface area contributed by atoms with Gasteiger partial charge in [0, 0.05) is 13.7 Å². The van der Waals surface area contributed by atoms with E-state index in [4.69, 9.17) is 21.4 Å². The van der Waals surface area contributed by atoms with E-state index < -0.39 is 28.5 Å². The van der Waals surface area contributed by atoms with Crippen molar-refractivity contribution in [2.75, 3.05) is 19.0 Å². The fourth-order valence-corrected chi connectivity index (χ4v) is 1.65. The van der Waals surface area contributed by atoms with E-state index in [0.717, 1.165) is 6.07 Å². The van der Waals surface area contributed by atoms with E-state index in [9.17, 15) is 19.3 Å². The molecule has 0 amide bonds. The smallest absolute Gasteiger partial charge is 0.306 e. The molecule has 1 unspecified atom stereocenters. The van der Waals surface area contributed by atoms with E-state index in [1.165, 1.54) is 7.11 Å². The van der Waals surface area contributed by atoms with Crippen molar-refractivity contribution < 1.29 is 24.0 Å². The number of rotatable bonds is 7. The number of benzene rings is 1. The lowest BCUT2D eigenvalue weighted by molar-refractivity contribution is -0.384. The van der Waals surface area contributed by atoms with Crippen molar-refractivity contribution in [3.8, 4) is 0 Å². The Balaban J connectivity index is 2.88. The molecular weight excluding hydrogens is 295 g/mol. The molecule has 0 aliphatic heterocycles. The molecule has 1 atom stereocenters. The number of nitrogens with zero attached hydrogens (tertiary/aromatic N) is 1. The normalized spacial score (nSPS) is 11.9. The second kappa shape index (κ2) is 7.01. The van der Waals surface area contributed by atoms with Crippen LogP contribution in [-0.2, 0) is 9.53 Å². The molecule has 0 spiro atoms. The van der Waals surface area contributed by atoms with Gasteiger partial charge in [0.25, 0.3) is 5.69 Å². The van der Waals surface area contributed by atoms with Gasteiger partial charge in [-0.15, -0.1) is 0 Å². The topological polar surface area (TPSA) is 102 Å². The van der Waals surface area contributed by atoms with E-state index in [-0.39, 0.29) is 23.7 Å². The van der Waals surface area contributed by atoms with Gasteiger partial charge in [-0.3, -0.25) is 14.9 Å². The molecule has 0 aliphatic carbocycles. The Bertz CT molecular complexity index is 526. The van der Waals surface area contributed by atoms with E-state index in [0.29, 0.717) is 6.07 Å². The molecule has 9 heteroatoms. The Kier molecular flexibility index (Phi) is 5.66. The van der Waals surface area contributed by atoms with Gasteiger partial charge in [0.2, 0.25) is 0 Å². The minimum Gasteiger partial charge on any atom is -0.481 e. The van der Waals surface area contributed by atoms with Gasteiger partial charge < -0.3 is 15.2 Å². The molecule has 0 saturated heterocycles. The first kappa shape index (κ1) is 16.1. The van der Waals surface area contributed by atoms with Crippen molar-refractivity contribution in [1.82, 2.24) is 0 Å². The molecule has 0 heterocycles. The Morgan fingerprint density at radius 2 is 2.30 bits per heavy atom.